The largest absolute Gasteiger partial charge is 0.316 e. The van der Waals surface area contributed by atoms with Gasteiger partial charge in [-0.3, -0.25) is 5.10 Å². The minimum atomic E-state index is 0.659. The van der Waals surface area contributed by atoms with Crippen molar-refractivity contribution >= 4 is 0 Å². The second-order valence-corrected chi connectivity index (χ2v) is 3.06. The van der Waals surface area contributed by atoms with E-state index in [2.05, 4.69) is 21.6 Å². The molecule has 1 aromatic heterocycles. The molecular formula is C8H13N3. The van der Waals surface area contributed by atoms with Crippen LogP contribution in [0.15, 0.2) is 12.3 Å². The molecule has 1 atom stereocenters. The van der Waals surface area contributed by atoms with Crippen molar-refractivity contribution in [1.29, 1.82) is 0 Å². The Morgan fingerprint density at radius 1 is 1.55 bits per heavy atom. The number of hydrogen-bond donors (Lipinski definition) is 2. The zero-order chi connectivity index (χ0) is 7.52. The van der Waals surface area contributed by atoms with Crippen LogP contribution in [-0.2, 0) is 0 Å². The summed E-state index contributed by atoms with van der Waals surface area (Å²) in [5.41, 5.74) is 1.28. The van der Waals surface area contributed by atoms with E-state index < -0.39 is 0 Å². The quantitative estimate of drug-likeness (QED) is 0.625. The first kappa shape index (κ1) is 6.85. The first-order chi connectivity index (χ1) is 5.47. The monoisotopic (exact) mass is 151 g/mol. The summed E-state index contributed by atoms with van der Waals surface area (Å²) < 4.78 is 0. The van der Waals surface area contributed by atoms with Gasteiger partial charge in [0.15, 0.2) is 0 Å². The number of nitrogens with one attached hydrogen (secondary N) is 2. The fraction of sp³-hybridized carbons (Fsp3) is 0.625. The molecule has 1 aromatic rings. The molecule has 2 heterocycles. The Balaban J connectivity index is 2.04. The highest BCUT2D eigenvalue weighted by molar-refractivity contribution is 5.06. The van der Waals surface area contributed by atoms with E-state index in [1.807, 2.05) is 6.20 Å². The lowest BCUT2D eigenvalue weighted by Crippen LogP contribution is -2.28. The molecule has 3 nitrogen and oxygen atoms in total. The Bertz CT molecular complexity index is 199. The van der Waals surface area contributed by atoms with E-state index in [4.69, 9.17) is 0 Å². The van der Waals surface area contributed by atoms with Crippen LogP contribution in [-0.4, -0.2) is 23.3 Å². The Morgan fingerprint density at radius 3 is 3.18 bits per heavy atom. The van der Waals surface area contributed by atoms with Crippen molar-refractivity contribution in [3.05, 3.63) is 18.0 Å². The predicted molar refractivity (Wildman–Crippen MR) is 43.4 cm³/mol. The number of piperidine rings is 1. The fourth-order valence-corrected chi connectivity index (χ4v) is 1.61. The third-order valence-electron chi connectivity index (χ3n) is 2.26. The average molecular weight is 151 g/mol. The highest BCUT2D eigenvalue weighted by Gasteiger charge is 2.15. The third kappa shape index (κ3) is 1.43. The van der Waals surface area contributed by atoms with Crippen molar-refractivity contribution in [3.63, 3.8) is 0 Å². The third-order valence-corrected chi connectivity index (χ3v) is 2.26. The van der Waals surface area contributed by atoms with Gasteiger partial charge in [-0.25, -0.2) is 0 Å². The molecule has 0 unspecified atom stereocenters. The second-order valence-electron chi connectivity index (χ2n) is 3.06. The van der Waals surface area contributed by atoms with Crippen LogP contribution in [0.5, 0.6) is 0 Å². The maximum absolute atomic E-state index is 3.94. The standard InChI is InChI=1S/C8H13N3/c1-2-7(6-9-4-1)8-3-5-10-11-8/h3,5,7,9H,1-2,4,6H2,(H,10,11)/t7-/m0/s1. The van der Waals surface area contributed by atoms with Crippen molar-refractivity contribution < 1.29 is 0 Å². The Hall–Kier alpha value is -0.830. The highest BCUT2D eigenvalue weighted by atomic mass is 15.1. The van der Waals surface area contributed by atoms with Gasteiger partial charge in [-0.05, 0) is 25.5 Å². The summed E-state index contributed by atoms with van der Waals surface area (Å²) in [5.74, 6) is 0.659. The van der Waals surface area contributed by atoms with Crippen molar-refractivity contribution in [2.24, 2.45) is 0 Å². The number of H-pyrrole nitrogens is 1. The van der Waals surface area contributed by atoms with Gasteiger partial charge in [-0.1, -0.05) is 0 Å². The van der Waals surface area contributed by atoms with Crippen LogP contribution >= 0.6 is 0 Å². The van der Waals surface area contributed by atoms with Gasteiger partial charge in [0.05, 0.1) is 0 Å². The Morgan fingerprint density at radius 2 is 2.55 bits per heavy atom. The summed E-state index contributed by atoms with van der Waals surface area (Å²) >= 11 is 0. The van der Waals surface area contributed by atoms with Gasteiger partial charge in [0.2, 0.25) is 0 Å². The maximum atomic E-state index is 3.94. The first-order valence-corrected chi connectivity index (χ1v) is 4.17. The SMILES string of the molecule is c1cc([C@H]2CCCNC2)[nH]n1. The van der Waals surface area contributed by atoms with E-state index in [1.165, 1.54) is 25.1 Å². The lowest BCUT2D eigenvalue weighted by atomic mass is 9.97. The molecule has 1 fully saturated rings. The van der Waals surface area contributed by atoms with E-state index in [-0.39, 0.29) is 0 Å². The topological polar surface area (TPSA) is 40.7 Å². The number of aromatic nitrogens is 2. The minimum absolute atomic E-state index is 0.659. The zero-order valence-electron chi connectivity index (χ0n) is 6.51. The molecule has 60 valence electrons. The van der Waals surface area contributed by atoms with Crippen LogP contribution in [0.4, 0.5) is 0 Å². The van der Waals surface area contributed by atoms with Crippen LogP contribution in [0.1, 0.15) is 24.5 Å². The molecule has 0 aliphatic carbocycles. The summed E-state index contributed by atoms with van der Waals surface area (Å²) in [6, 6.07) is 2.07. The molecule has 3 heteroatoms. The molecule has 2 N–H and O–H groups in total. The van der Waals surface area contributed by atoms with Gasteiger partial charge in [-0.15, -0.1) is 0 Å². The summed E-state index contributed by atoms with van der Waals surface area (Å²) in [6.07, 6.45) is 4.39. The van der Waals surface area contributed by atoms with Crippen LogP contribution in [0.3, 0.4) is 0 Å². The summed E-state index contributed by atoms with van der Waals surface area (Å²) in [6.45, 7) is 2.27. The van der Waals surface area contributed by atoms with E-state index in [1.54, 1.807) is 0 Å². The number of aromatic amines is 1. The maximum Gasteiger partial charge on any atom is 0.0490 e. The molecule has 0 radical (unpaired) electrons. The Kier molecular flexibility index (Phi) is 1.90. The van der Waals surface area contributed by atoms with Crippen LogP contribution in [0.25, 0.3) is 0 Å². The van der Waals surface area contributed by atoms with Crippen molar-refractivity contribution in [3.8, 4) is 0 Å². The van der Waals surface area contributed by atoms with Crippen LogP contribution in [0, 0.1) is 0 Å². The van der Waals surface area contributed by atoms with Crippen molar-refractivity contribution in [2.75, 3.05) is 13.1 Å². The van der Waals surface area contributed by atoms with Crippen LogP contribution in [0.2, 0.25) is 0 Å². The second kappa shape index (κ2) is 3.05. The molecule has 1 saturated heterocycles. The van der Waals surface area contributed by atoms with E-state index in [0.717, 1.165) is 6.54 Å². The number of nitrogens with zero attached hydrogens (tertiary/aromatic N) is 1. The fourth-order valence-electron chi connectivity index (χ4n) is 1.61. The Labute approximate surface area is 66.2 Å². The van der Waals surface area contributed by atoms with Crippen molar-refractivity contribution in [1.82, 2.24) is 15.5 Å². The van der Waals surface area contributed by atoms with E-state index in [9.17, 15) is 0 Å². The molecule has 1 aliphatic heterocycles. The first-order valence-electron chi connectivity index (χ1n) is 4.17. The summed E-state index contributed by atoms with van der Waals surface area (Å²) in [7, 11) is 0. The molecule has 0 aromatic carbocycles. The van der Waals surface area contributed by atoms with Crippen molar-refractivity contribution in [2.45, 2.75) is 18.8 Å². The van der Waals surface area contributed by atoms with Gasteiger partial charge in [0, 0.05) is 24.4 Å². The van der Waals surface area contributed by atoms with E-state index >= 15 is 0 Å². The van der Waals surface area contributed by atoms with E-state index in [0.29, 0.717) is 5.92 Å². The molecule has 2 rings (SSSR count). The molecule has 0 amide bonds. The molecule has 0 bridgehead atoms. The molecule has 0 spiro atoms. The lowest BCUT2D eigenvalue weighted by molar-refractivity contribution is 0.454. The molecular weight excluding hydrogens is 138 g/mol. The molecule has 11 heavy (non-hydrogen) atoms. The zero-order valence-corrected chi connectivity index (χ0v) is 6.51. The highest BCUT2D eigenvalue weighted by Crippen LogP contribution is 2.20. The molecule has 1 aliphatic rings. The van der Waals surface area contributed by atoms with Gasteiger partial charge < -0.3 is 5.32 Å². The molecule has 0 saturated carbocycles. The normalized spacial score (nSPS) is 25.3. The van der Waals surface area contributed by atoms with Crippen LogP contribution < -0.4 is 5.32 Å². The lowest BCUT2D eigenvalue weighted by Gasteiger charge is -2.20. The van der Waals surface area contributed by atoms with Gasteiger partial charge in [-0.2, -0.15) is 5.10 Å². The van der Waals surface area contributed by atoms with Gasteiger partial charge >= 0.3 is 0 Å². The number of rotatable bonds is 1. The predicted octanol–water partition coefficient (Wildman–Crippen LogP) is 0.877. The summed E-state index contributed by atoms with van der Waals surface area (Å²) in [5, 5.41) is 10.3. The summed E-state index contributed by atoms with van der Waals surface area (Å²) in [4.78, 5) is 0. The van der Waals surface area contributed by atoms with Gasteiger partial charge in [0.25, 0.3) is 0 Å². The average Bonchev–Trinajstić information content (AvgIpc) is 2.58. The smallest absolute Gasteiger partial charge is 0.0490 e. The minimum Gasteiger partial charge on any atom is -0.316 e. The van der Waals surface area contributed by atoms with Gasteiger partial charge in [0.1, 0.15) is 0 Å². The number of hydrogen-bond acceptors (Lipinski definition) is 2.